The van der Waals surface area contributed by atoms with Gasteiger partial charge in [-0.25, -0.2) is 0 Å². The second-order valence-corrected chi connectivity index (χ2v) is 6.88. The highest BCUT2D eigenvalue weighted by Crippen LogP contribution is 2.32. The molecule has 0 spiro atoms. The van der Waals surface area contributed by atoms with Crippen LogP contribution in [0.4, 0.5) is 5.69 Å². The Hall–Kier alpha value is -1.95. The molecule has 0 bridgehead atoms. The Bertz CT molecular complexity index is 743. The van der Waals surface area contributed by atoms with Crippen LogP contribution in [0, 0.1) is 0 Å². The van der Waals surface area contributed by atoms with Crippen LogP contribution in [-0.4, -0.2) is 43.0 Å². The van der Waals surface area contributed by atoms with E-state index in [0.717, 1.165) is 60.3 Å². The van der Waals surface area contributed by atoms with E-state index < -0.39 is 0 Å². The summed E-state index contributed by atoms with van der Waals surface area (Å²) in [5.41, 5.74) is 3.30. The van der Waals surface area contributed by atoms with Gasteiger partial charge in [0, 0.05) is 54.6 Å². The largest absolute Gasteiger partial charge is 0.508 e. The predicted octanol–water partition coefficient (Wildman–Crippen LogP) is 3.23. The van der Waals surface area contributed by atoms with Gasteiger partial charge in [-0.05, 0) is 36.4 Å². The van der Waals surface area contributed by atoms with Crippen LogP contribution in [0.15, 0.2) is 36.4 Å². The molecule has 2 aliphatic rings. The van der Waals surface area contributed by atoms with E-state index in [1.165, 1.54) is 0 Å². The lowest BCUT2D eigenvalue weighted by molar-refractivity contribution is -0.0174. The van der Waals surface area contributed by atoms with Crippen molar-refractivity contribution in [2.45, 2.75) is 13.2 Å². The van der Waals surface area contributed by atoms with Gasteiger partial charge in [0.2, 0.25) is 0 Å². The van der Waals surface area contributed by atoms with Gasteiger partial charge in [-0.2, -0.15) is 0 Å². The molecule has 1 saturated heterocycles. The highest BCUT2D eigenvalue weighted by molar-refractivity contribution is 6.30. The molecule has 0 aromatic heterocycles. The standard InChI is InChI=1S/C19H21ClN2O3/c20-16-9-14(19-15(10-16)12-24-13-25-19)11-21-5-7-22(8-6-21)17-1-3-18(23)4-2-17/h1-4,9-10,23H,5-8,11-13H2. The van der Waals surface area contributed by atoms with Gasteiger partial charge in [-0.1, -0.05) is 11.6 Å². The van der Waals surface area contributed by atoms with Crippen molar-refractivity contribution in [3.05, 3.63) is 52.5 Å². The number of rotatable bonds is 3. The van der Waals surface area contributed by atoms with Crippen LogP contribution in [0.5, 0.6) is 11.5 Å². The molecule has 1 fully saturated rings. The normalized spacial score (nSPS) is 17.9. The van der Waals surface area contributed by atoms with E-state index in [-0.39, 0.29) is 0 Å². The molecule has 4 rings (SSSR count). The summed E-state index contributed by atoms with van der Waals surface area (Å²) in [6, 6.07) is 11.3. The summed E-state index contributed by atoms with van der Waals surface area (Å²) in [6.07, 6.45) is 0. The first kappa shape index (κ1) is 16.5. The van der Waals surface area contributed by atoms with E-state index in [9.17, 15) is 5.11 Å². The monoisotopic (exact) mass is 360 g/mol. The Morgan fingerprint density at radius 1 is 1.04 bits per heavy atom. The molecule has 0 unspecified atom stereocenters. The van der Waals surface area contributed by atoms with E-state index in [4.69, 9.17) is 21.1 Å². The average molecular weight is 361 g/mol. The number of ether oxygens (including phenoxy) is 2. The lowest BCUT2D eigenvalue weighted by Crippen LogP contribution is -2.46. The van der Waals surface area contributed by atoms with Crippen molar-refractivity contribution in [3.8, 4) is 11.5 Å². The number of phenolic OH excluding ortho intramolecular Hbond substituents is 1. The summed E-state index contributed by atoms with van der Waals surface area (Å²) in [4.78, 5) is 4.76. The van der Waals surface area contributed by atoms with Crippen molar-refractivity contribution in [2.75, 3.05) is 37.9 Å². The number of hydrogen-bond acceptors (Lipinski definition) is 5. The van der Waals surface area contributed by atoms with Crippen molar-refractivity contribution < 1.29 is 14.6 Å². The SMILES string of the molecule is Oc1ccc(N2CCN(Cc3cc(Cl)cc4c3OCOC4)CC2)cc1. The molecule has 1 N–H and O–H groups in total. The lowest BCUT2D eigenvalue weighted by Gasteiger charge is -2.36. The molecule has 0 saturated carbocycles. The van der Waals surface area contributed by atoms with Gasteiger partial charge in [-0.15, -0.1) is 0 Å². The topological polar surface area (TPSA) is 45.2 Å². The van der Waals surface area contributed by atoms with Gasteiger partial charge >= 0.3 is 0 Å². The Morgan fingerprint density at radius 2 is 1.80 bits per heavy atom. The van der Waals surface area contributed by atoms with Crippen molar-refractivity contribution >= 4 is 17.3 Å². The minimum absolute atomic E-state index is 0.302. The molecule has 2 heterocycles. The fourth-order valence-electron chi connectivity index (χ4n) is 3.44. The second kappa shape index (κ2) is 7.12. The molecule has 2 aromatic rings. The summed E-state index contributed by atoms with van der Waals surface area (Å²) < 4.78 is 11.1. The maximum absolute atomic E-state index is 9.42. The van der Waals surface area contributed by atoms with E-state index in [1.54, 1.807) is 12.1 Å². The molecule has 0 amide bonds. The Morgan fingerprint density at radius 3 is 2.56 bits per heavy atom. The summed E-state index contributed by atoms with van der Waals surface area (Å²) >= 11 is 6.26. The van der Waals surface area contributed by atoms with Crippen LogP contribution in [-0.2, 0) is 17.9 Å². The van der Waals surface area contributed by atoms with Crippen LogP contribution in [0.2, 0.25) is 5.02 Å². The lowest BCUT2D eigenvalue weighted by atomic mass is 10.1. The zero-order valence-corrected chi connectivity index (χ0v) is 14.7. The van der Waals surface area contributed by atoms with E-state index in [0.29, 0.717) is 19.1 Å². The van der Waals surface area contributed by atoms with Crippen LogP contribution in [0.3, 0.4) is 0 Å². The smallest absolute Gasteiger partial charge is 0.189 e. The third kappa shape index (κ3) is 3.68. The molecule has 6 heteroatoms. The van der Waals surface area contributed by atoms with Gasteiger partial charge in [-0.3, -0.25) is 4.90 Å². The Kier molecular flexibility index (Phi) is 4.70. The first-order chi connectivity index (χ1) is 12.2. The molecule has 5 nitrogen and oxygen atoms in total. The number of piperazine rings is 1. The molecule has 2 aromatic carbocycles. The van der Waals surface area contributed by atoms with Crippen LogP contribution >= 0.6 is 11.6 Å². The molecular weight excluding hydrogens is 340 g/mol. The van der Waals surface area contributed by atoms with Crippen molar-refractivity contribution in [1.29, 1.82) is 0 Å². The number of nitrogens with zero attached hydrogens (tertiary/aromatic N) is 2. The molecular formula is C19H21ClN2O3. The van der Waals surface area contributed by atoms with Crippen LogP contribution in [0.25, 0.3) is 0 Å². The van der Waals surface area contributed by atoms with Gasteiger partial charge in [0.25, 0.3) is 0 Å². The van der Waals surface area contributed by atoms with Crippen molar-refractivity contribution in [1.82, 2.24) is 4.90 Å². The van der Waals surface area contributed by atoms with Gasteiger partial charge in [0.05, 0.1) is 6.61 Å². The Balaban J connectivity index is 1.42. The quantitative estimate of drug-likeness (QED) is 0.910. The van der Waals surface area contributed by atoms with Crippen LogP contribution < -0.4 is 9.64 Å². The number of halogens is 1. The molecule has 25 heavy (non-hydrogen) atoms. The molecule has 132 valence electrons. The maximum Gasteiger partial charge on any atom is 0.189 e. The summed E-state index contributed by atoms with van der Waals surface area (Å²) in [7, 11) is 0. The molecule has 0 radical (unpaired) electrons. The number of fused-ring (bicyclic) bond motifs is 1. The van der Waals surface area contributed by atoms with Gasteiger partial charge in [0.1, 0.15) is 11.5 Å². The summed E-state index contributed by atoms with van der Waals surface area (Å²) in [6.45, 7) is 5.53. The zero-order valence-electron chi connectivity index (χ0n) is 13.9. The number of benzene rings is 2. The van der Waals surface area contributed by atoms with E-state index >= 15 is 0 Å². The average Bonchev–Trinajstić information content (AvgIpc) is 2.63. The highest BCUT2D eigenvalue weighted by Gasteiger charge is 2.21. The van der Waals surface area contributed by atoms with Crippen LogP contribution in [0.1, 0.15) is 11.1 Å². The summed E-state index contributed by atoms with van der Waals surface area (Å²) in [5.74, 6) is 1.23. The number of anilines is 1. The van der Waals surface area contributed by atoms with Crippen molar-refractivity contribution in [3.63, 3.8) is 0 Å². The minimum Gasteiger partial charge on any atom is -0.508 e. The third-order valence-electron chi connectivity index (χ3n) is 4.73. The van der Waals surface area contributed by atoms with Gasteiger partial charge in [0.15, 0.2) is 6.79 Å². The minimum atomic E-state index is 0.302. The van der Waals surface area contributed by atoms with Crippen molar-refractivity contribution in [2.24, 2.45) is 0 Å². The second-order valence-electron chi connectivity index (χ2n) is 6.44. The zero-order chi connectivity index (χ0) is 17.2. The number of aromatic hydroxyl groups is 1. The molecule has 0 atom stereocenters. The third-order valence-corrected chi connectivity index (χ3v) is 4.95. The maximum atomic E-state index is 9.42. The molecule has 2 aliphatic heterocycles. The first-order valence-electron chi connectivity index (χ1n) is 8.47. The molecule has 0 aliphatic carbocycles. The van der Waals surface area contributed by atoms with E-state index in [2.05, 4.69) is 9.80 Å². The predicted molar refractivity (Wildman–Crippen MR) is 97.3 cm³/mol. The Labute approximate surface area is 152 Å². The summed E-state index contributed by atoms with van der Waals surface area (Å²) in [5, 5.41) is 10.1. The number of phenols is 1. The number of hydrogen-bond donors (Lipinski definition) is 1. The van der Waals surface area contributed by atoms with Gasteiger partial charge < -0.3 is 19.5 Å². The van der Waals surface area contributed by atoms with E-state index in [1.807, 2.05) is 24.3 Å². The fourth-order valence-corrected chi connectivity index (χ4v) is 3.71. The first-order valence-corrected chi connectivity index (χ1v) is 8.85. The highest BCUT2D eigenvalue weighted by atomic mass is 35.5. The fraction of sp³-hybridized carbons (Fsp3) is 0.368.